The molecule has 0 aliphatic carbocycles. The summed E-state index contributed by atoms with van der Waals surface area (Å²) in [4.78, 5) is 11.8. The van der Waals surface area contributed by atoms with Gasteiger partial charge in [-0.05, 0) is 38.6 Å². The summed E-state index contributed by atoms with van der Waals surface area (Å²) in [5, 5.41) is 6.44. The minimum absolute atomic E-state index is 0.180. The number of amides is 1. The Morgan fingerprint density at radius 1 is 1.28 bits per heavy atom. The highest BCUT2D eigenvalue weighted by atomic mass is 16.5. The van der Waals surface area contributed by atoms with Gasteiger partial charge in [0.05, 0.1) is 0 Å². The Morgan fingerprint density at radius 3 is 2.56 bits per heavy atom. The molecule has 0 bridgehead atoms. The molecule has 4 heteroatoms. The van der Waals surface area contributed by atoms with Crippen molar-refractivity contribution in [3.63, 3.8) is 0 Å². The highest BCUT2D eigenvalue weighted by Crippen LogP contribution is 2.18. The van der Waals surface area contributed by atoms with E-state index < -0.39 is 0 Å². The number of rotatable bonds is 7. The summed E-state index contributed by atoms with van der Waals surface area (Å²) in [7, 11) is 0. The molecule has 1 heterocycles. The minimum Gasteiger partial charge on any atom is -0.381 e. The highest BCUT2D eigenvalue weighted by Gasteiger charge is 2.21. The lowest BCUT2D eigenvalue weighted by molar-refractivity contribution is -0.122. The molecule has 1 rings (SSSR count). The first-order chi connectivity index (χ1) is 8.59. The lowest BCUT2D eigenvalue weighted by Gasteiger charge is -2.28. The molecule has 1 fully saturated rings. The lowest BCUT2D eigenvalue weighted by Crippen LogP contribution is -2.40. The smallest absolute Gasteiger partial charge is 0.220 e. The number of hydrogen-bond donors (Lipinski definition) is 2. The van der Waals surface area contributed by atoms with E-state index in [4.69, 9.17) is 4.74 Å². The van der Waals surface area contributed by atoms with Crippen LogP contribution in [0.4, 0.5) is 0 Å². The summed E-state index contributed by atoms with van der Waals surface area (Å²) in [6, 6.07) is 0.772. The van der Waals surface area contributed by atoms with Gasteiger partial charge in [-0.1, -0.05) is 13.8 Å². The second-order valence-electron chi connectivity index (χ2n) is 5.52. The van der Waals surface area contributed by atoms with Gasteiger partial charge in [0.25, 0.3) is 0 Å². The Kier molecular flexibility index (Phi) is 7.28. The fraction of sp³-hybridized carbons (Fsp3) is 0.929. The van der Waals surface area contributed by atoms with Crippen LogP contribution in [-0.4, -0.2) is 37.7 Å². The van der Waals surface area contributed by atoms with Gasteiger partial charge in [0, 0.05) is 31.7 Å². The van der Waals surface area contributed by atoms with Crippen LogP contribution in [0.3, 0.4) is 0 Å². The Morgan fingerprint density at radius 2 is 1.94 bits per heavy atom. The van der Waals surface area contributed by atoms with E-state index in [1.165, 1.54) is 0 Å². The van der Waals surface area contributed by atoms with Crippen LogP contribution in [0.15, 0.2) is 0 Å². The summed E-state index contributed by atoms with van der Waals surface area (Å²) in [5.74, 6) is 0.760. The molecule has 1 atom stereocenters. The van der Waals surface area contributed by atoms with Crippen molar-refractivity contribution >= 4 is 5.91 Å². The van der Waals surface area contributed by atoms with E-state index in [-0.39, 0.29) is 11.9 Å². The number of hydrogen-bond acceptors (Lipinski definition) is 3. The molecular weight excluding hydrogens is 228 g/mol. The van der Waals surface area contributed by atoms with Crippen LogP contribution < -0.4 is 10.6 Å². The molecule has 1 aliphatic rings. The van der Waals surface area contributed by atoms with Gasteiger partial charge in [-0.15, -0.1) is 0 Å². The van der Waals surface area contributed by atoms with Crippen molar-refractivity contribution < 1.29 is 9.53 Å². The summed E-state index contributed by atoms with van der Waals surface area (Å²) < 4.78 is 5.34. The summed E-state index contributed by atoms with van der Waals surface area (Å²) in [6.45, 7) is 8.93. The third kappa shape index (κ3) is 6.36. The SMILES string of the molecule is CC(C)NCCCC(=O)NC(C)C1CCOCC1. The number of carbonyl (C=O) groups excluding carboxylic acids is 1. The largest absolute Gasteiger partial charge is 0.381 e. The van der Waals surface area contributed by atoms with Crippen molar-refractivity contribution in [2.45, 2.75) is 58.5 Å². The molecule has 0 aromatic rings. The lowest BCUT2D eigenvalue weighted by atomic mass is 9.93. The average molecular weight is 256 g/mol. The first kappa shape index (κ1) is 15.4. The molecule has 0 saturated carbocycles. The van der Waals surface area contributed by atoms with Crippen LogP contribution in [-0.2, 0) is 9.53 Å². The zero-order valence-electron chi connectivity index (χ0n) is 12.0. The van der Waals surface area contributed by atoms with Gasteiger partial charge in [-0.3, -0.25) is 4.79 Å². The van der Waals surface area contributed by atoms with E-state index in [2.05, 4.69) is 31.4 Å². The maximum atomic E-state index is 11.8. The average Bonchev–Trinajstić information content (AvgIpc) is 2.35. The Bertz CT molecular complexity index is 238. The van der Waals surface area contributed by atoms with Gasteiger partial charge >= 0.3 is 0 Å². The Labute approximate surface area is 111 Å². The minimum atomic E-state index is 0.180. The van der Waals surface area contributed by atoms with Crippen LogP contribution >= 0.6 is 0 Å². The van der Waals surface area contributed by atoms with Crippen molar-refractivity contribution in [2.75, 3.05) is 19.8 Å². The number of nitrogens with one attached hydrogen (secondary N) is 2. The topological polar surface area (TPSA) is 50.4 Å². The van der Waals surface area contributed by atoms with Gasteiger partial charge < -0.3 is 15.4 Å². The molecule has 1 aliphatic heterocycles. The third-order valence-corrected chi connectivity index (χ3v) is 3.49. The monoisotopic (exact) mass is 256 g/mol. The normalized spacial score (nSPS) is 18.9. The van der Waals surface area contributed by atoms with Crippen LogP contribution in [0.25, 0.3) is 0 Å². The van der Waals surface area contributed by atoms with Crippen LogP contribution in [0.5, 0.6) is 0 Å². The molecule has 1 unspecified atom stereocenters. The second kappa shape index (κ2) is 8.48. The van der Waals surface area contributed by atoms with E-state index >= 15 is 0 Å². The van der Waals surface area contributed by atoms with Crippen LogP contribution in [0.1, 0.15) is 46.5 Å². The molecule has 0 aromatic carbocycles. The second-order valence-corrected chi connectivity index (χ2v) is 5.52. The Balaban J connectivity index is 2.10. The summed E-state index contributed by atoms with van der Waals surface area (Å²) in [5.41, 5.74) is 0. The standard InChI is InChI=1S/C14H28N2O2/c1-11(2)15-8-4-5-14(17)16-12(3)13-6-9-18-10-7-13/h11-13,15H,4-10H2,1-3H3,(H,16,17). The highest BCUT2D eigenvalue weighted by molar-refractivity contribution is 5.76. The molecule has 0 radical (unpaired) electrons. The van der Waals surface area contributed by atoms with Crippen molar-refractivity contribution in [2.24, 2.45) is 5.92 Å². The number of carbonyl (C=O) groups is 1. The van der Waals surface area contributed by atoms with Gasteiger partial charge in [0.15, 0.2) is 0 Å². The molecule has 1 amide bonds. The predicted octanol–water partition coefficient (Wildman–Crippen LogP) is 1.70. The van der Waals surface area contributed by atoms with E-state index in [9.17, 15) is 4.79 Å². The molecule has 0 spiro atoms. The van der Waals surface area contributed by atoms with Gasteiger partial charge in [-0.2, -0.15) is 0 Å². The molecule has 1 saturated heterocycles. The van der Waals surface area contributed by atoms with Gasteiger partial charge in [0.2, 0.25) is 5.91 Å². The predicted molar refractivity (Wildman–Crippen MR) is 73.5 cm³/mol. The zero-order valence-corrected chi connectivity index (χ0v) is 12.0. The van der Waals surface area contributed by atoms with Crippen LogP contribution in [0.2, 0.25) is 0 Å². The van der Waals surface area contributed by atoms with E-state index in [1.54, 1.807) is 0 Å². The van der Waals surface area contributed by atoms with Crippen molar-refractivity contribution in [1.29, 1.82) is 0 Å². The van der Waals surface area contributed by atoms with Crippen molar-refractivity contribution in [3.8, 4) is 0 Å². The molecule has 106 valence electrons. The van der Waals surface area contributed by atoms with E-state index in [1.807, 2.05) is 0 Å². The first-order valence-corrected chi connectivity index (χ1v) is 7.20. The van der Waals surface area contributed by atoms with Gasteiger partial charge in [-0.25, -0.2) is 0 Å². The maximum Gasteiger partial charge on any atom is 0.220 e. The first-order valence-electron chi connectivity index (χ1n) is 7.20. The molecule has 4 nitrogen and oxygen atoms in total. The maximum absolute atomic E-state index is 11.8. The molecule has 0 aromatic heterocycles. The molecule has 2 N–H and O–H groups in total. The van der Waals surface area contributed by atoms with E-state index in [0.717, 1.165) is 39.0 Å². The Hall–Kier alpha value is -0.610. The summed E-state index contributed by atoms with van der Waals surface area (Å²) >= 11 is 0. The van der Waals surface area contributed by atoms with Crippen LogP contribution in [0, 0.1) is 5.92 Å². The fourth-order valence-corrected chi connectivity index (χ4v) is 2.30. The quantitative estimate of drug-likeness (QED) is 0.682. The van der Waals surface area contributed by atoms with Gasteiger partial charge in [0.1, 0.15) is 0 Å². The molecule has 18 heavy (non-hydrogen) atoms. The molecular formula is C14H28N2O2. The third-order valence-electron chi connectivity index (χ3n) is 3.49. The van der Waals surface area contributed by atoms with Crippen molar-refractivity contribution in [1.82, 2.24) is 10.6 Å². The summed E-state index contributed by atoms with van der Waals surface area (Å²) in [6.07, 6.45) is 3.66. The van der Waals surface area contributed by atoms with E-state index in [0.29, 0.717) is 18.4 Å². The number of ether oxygens (including phenoxy) is 1. The van der Waals surface area contributed by atoms with Crippen molar-refractivity contribution in [3.05, 3.63) is 0 Å². The fourth-order valence-electron chi connectivity index (χ4n) is 2.30. The zero-order chi connectivity index (χ0) is 13.4.